The predicted molar refractivity (Wildman–Crippen MR) is 269 cm³/mol. The lowest BCUT2D eigenvalue weighted by Crippen LogP contribution is -2.60. The monoisotopic (exact) mass is 1070 g/mol. The maximum Gasteiger partial charge on any atom is 0.326 e. The van der Waals surface area contributed by atoms with E-state index in [2.05, 4.69) is 31.9 Å². The van der Waals surface area contributed by atoms with Crippen LogP contribution in [0.2, 0.25) is 0 Å². The Kier molecular flexibility index (Phi) is 21.9. The van der Waals surface area contributed by atoms with E-state index < -0.39 is 125 Å². The maximum atomic E-state index is 14.6. The minimum Gasteiger partial charge on any atom is -0.508 e. The molecule has 0 bridgehead atoms. The lowest BCUT2D eigenvalue weighted by molar-refractivity contribution is -0.146. The average Bonchev–Trinajstić information content (AvgIpc) is 4.23. The van der Waals surface area contributed by atoms with Gasteiger partial charge in [-0.15, -0.1) is 0 Å². The zero-order valence-corrected chi connectivity index (χ0v) is 43.1. The summed E-state index contributed by atoms with van der Waals surface area (Å²) in [5, 5.41) is 36.0. The quantitative estimate of drug-likeness (QED) is 0.0419. The second kappa shape index (κ2) is 28.0. The topological polar surface area (TPSA) is 405 Å². The van der Waals surface area contributed by atoms with Gasteiger partial charge in [0.15, 0.2) is 0 Å². The summed E-state index contributed by atoms with van der Waals surface area (Å²) >= 11 is 0. The van der Waals surface area contributed by atoms with E-state index >= 15 is 0 Å². The van der Waals surface area contributed by atoms with Crippen molar-refractivity contribution < 1.29 is 67.7 Å². The maximum absolute atomic E-state index is 14.6. The first-order valence-corrected chi connectivity index (χ1v) is 26.1. The van der Waals surface area contributed by atoms with E-state index in [9.17, 15) is 67.7 Å². The number of rotatable bonds is 27. The summed E-state index contributed by atoms with van der Waals surface area (Å²) in [5.74, 6) is -9.42. The van der Waals surface area contributed by atoms with Crippen LogP contribution < -0.4 is 49.1 Å². The SMILES string of the molecule is CC(C)C[C@H](NC(=O)[C@H](CCC(N)=O)NC(=O)[C@@H]1CCCN1C(=O)[C@H](CCC(N)=O)NC(=O)[C@@H]1CCCN1)C(=O)N1CCC[C@H]1C(=O)N[C@@H](Cc1ccc(O)cc1)C(=O)N1CCC[C@H]1C(=O)N[C@@H](CCC(N)=O)C(=O)O. The van der Waals surface area contributed by atoms with Crippen LogP contribution in [0.4, 0.5) is 0 Å². The van der Waals surface area contributed by atoms with Crippen molar-refractivity contribution in [3.05, 3.63) is 29.8 Å². The number of benzene rings is 1. The number of aliphatic carboxylic acids is 1. The van der Waals surface area contributed by atoms with Gasteiger partial charge in [0.05, 0.1) is 6.04 Å². The fraction of sp³-hybridized carbons (Fsp3) is 0.640. The van der Waals surface area contributed by atoms with Crippen LogP contribution in [0.1, 0.15) is 116 Å². The Hall–Kier alpha value is -7.38. The van der Waals surface area contributed by atoms with Gasteiger partial charge in [0, 0.05) is 45.3 Å². The molecule has 4 aliphatic rings. The van der Waals surface area contributed by atoms with Gasteiger partial charge >= 0.3 is 5.97 Å². The molecule has 0 radical (unpaired) electrons. The number of carboxylic acid groups (broad SMARTS) is 1. The fourth-order valence-electron chi connectivity index (χ4n) is 10.2. The van der Waals surface area contributed by atoms with E-state index in [4.69, 9.17) is 17.2 Å². The minimum absolute atomic E-state index is 0.0586. The molecular formula is C50H74N12O14. The molecular weight excluding hydrogens is 993 g/mol. The highest BCUT2D eigenvalue weighted by Gasteiger charge is 2.44. The van der Waals surface area contributed by atoms with Gasteiger partial charge in [0.1, 0.15) is 54.1 Å². The molecule has 9 atom stereocenters. The first-order valence-electron chi connectivity index (χ1n) is 26.1. The zero-order chi connectivity index (χ0) is 55.8. The molecule has 4 saturated heterocycles. The molecule has 26 nitrogen and oxygen atoms in total. The highest BCUT2D eigenvalue weighted by Crippen LogP contribution is 2.25. The molecule has 5 rings (SSSR count). The Morgan fingerprint density at radius 1 is 0.553 bits per heavy atom. The molecule has 0 aromatic heterocycles. The molecule has 4 fully saturated rings. The molecule has 418 valence electrons. The van der Waals surface area contributed by atoms with Crippen LogP contribution in [0.3, 0.4) is 0 Å². The number of carboxylic acids is 1. The average molecular weight is 1070 g/mol. The van der Waals surface area contributed by atoms with E-state index in [0.717, 1.165) is 6.42 Å². The smallest absolute Gasteiger partial charge is 0.326 e. The summed E-state index contributed by atoms with van der Waals surface area (Å²) in [7, 11) is 0. The van der Waals surface area contributed by atoms with E-state index in [-0.39, 0.29) is 102 Å². The Morgan fingerprint density at radius 3 is 1.42 bits per heavy atom. The van der Waals surface area contributed by atoms with Crippen molar-refractivity contribution in [1.82, 2.24) is 46.6 Å². The van der Waals surface area contributed by atoms with Crippen LogP contribution in [-0.4, -0.2) is 176 Å². The second-order valence-electron chi connectivity index (χ2n) is 20.4. The van der Waals surface area contributed by atoms with Crippen molar-refractivity contribution in [2.75, 3.05) is 26.2 Å². The van der Waals surface area contributed by atoms with Gasteiger partial charge < -0.3 is 74.0 Å². The van der Waals surface area contributed by atoms with Crippen molar-refractivity contribution in [2.24, 2.45) is 23.1 Å². The fourth-order valence-corrected chi connectivity index (χ4v) is 10.2. The van der Waals surface area contributed by atoms with Crippen LogP contribution in [0.15, 0.2) is 24.3 Å². The van der Waals surface area contributed by atoms with Gasteiger partial charge in [-0.05, 0) is 107 Å². The van der Waals surface area contributed by atoms with E-state index in [1.165, 1.54) is 26.8 Å². The third kappa shape index (κ3) is 16.8. The van der Waals surface area contributed by atoms with Crippen LogP contribution >= 0.6 is 0 Å². The van der Waals surface area contributed by atoms with Crippen LogP contribution in [0.5, 0.6) is 5.75 Å². The van der Waals surface area contributed by atoms with Gasteiger partial charge in [-0.1, -0.05) is 26.0 Å². The van der Waals surface area contributed by atoms with Gasteiger partial charge in [-0.2, -0.15) is 0 Å². The van der Waals surface area contributed by atoms with E-state index in [1.807, 2.05) is 0 Å². The van der Waals surface area contributed by atoms with Gasteiger partial charge in [-0.25, -0.2) is 4.79 Å². The summed E-state index contributed by atoms with van der Waals surface area (Å²) in [4.78, 5) is 163. The summed E-state index contributed by atoms with van der Waals surface area (Å²) in [6, 6.07) is -4.75. The molecule has 0 aliphatic carbocycles. The first-order chi connectivity index (χ1) is 36.0. The van der Waals surface area contributed by atoms with E-state index in [0.29, 0.717) is 37.8 Å². The van der Waals surface area contributed by atoms with Crippen LogP contribution in [0, 0.1) is 5.92 Å². The number of aromatic hydroxyl groups is 1. The number of nitrogens with two attached hydrogens (primary N) is 3. The van der Waals surface area contributed by atoms with Gasteiger partial charge in [0.25, 0.3) is 0 Å². The summed E-state index contributed by atoms with van der Waals surface area (Å²) in [5.41, 5.74) is 16.6. The molecule has 0 spiro atoms. The number of carbonyl (C=O) groups excluding carboxylic acids is 11. The standard InChI is InChI=1S/C50H74N12O14/c1-27(2)25-34(58-43(68)31(15-18-39(51)64)55-44(69)36-8-4-22-60(36)47(72)32(16-19-40(52)65)56-42(67)30-7-3-21-54-30)48(73)61-23-6-10-38(61)46(71)59-35(26-28-11-13-29(63)14-12-28)49(74)62-24-5-9-37(62)45(70)57-33(50(75)76)17-20-41(53)66/h11-14,27,30-38,54,63H,3-10,15-26H2,1-2H3,(H2,51,64)(H2,52,65)(H2,53,66)(H,55,69)(H,56,67)(H,57,70)(H,58,68)(H,59,71)(H,75,76)/t30-,31-,32-,33-,34-,35-,36-,37-,38-/m0/s1. The van der Waals surface area contributed by atoms with Crippen molar-refractivity contribution in [1.29, 1.82) is 0 Å². The summed E-state index contributed by atoms with van der Waals surface area (Å²) in [6.07, 6.45) is 1.27. The Labute approximate surface area is 440 Å². The number of nitrogens with zero attached hydrogens (tertiary/aromatic N) is 3. The summed E-state index contributed by atoms with van der Waals surface area (Å²) in [6.45, 7) is 4.50. The van der Waals surface area contributed by atoms with Crippen molar-refractivity contribution in [3.63, 3.8) is 0 Å². The number of phenols is 1. The number of carbonyl (C=O) groups is 12. The predicted octanol–water partition coefficient (Wildman–Crippen LogP) is -2.99. The number of hydrogen-bond donors (Lipinski definition) is 11. The van der Waals surface area contributed by atoms with Gasteiger partial charge in [0.2, 0.25) is 65.0 Å². The van der Waals surface area contributed by atoms with Crippen molar-refractivity contribution in [3.8, 4) is 5.75 Å². The Balaban J connectivity index is 1.32. The van der Waals surface area contributed by atoms with Crippen molar-refractivity contribution >= 4 is 70.9 Å². The summed E-state index contributed by atoms with van der Waals surface area (Å²) < 4.78 is 0. The molecule has 1 aromatic rings. The molecule has 4 aliphatic heterocycles. The third-order valence-electron chi connectivity index (χ3n) is 14.1. The molecule has 26 heteroatoms. The number of phenolic OH excluding ortho intramolecular Hbond substituents is 1. The largest absolute Gasteiger partial charge is 0.508 e. The normalized spacial score (nSPS) is 21.2. The number of primary amides is 3. The Bertz CT molecular complexity index is 2330. The van der Waals surface area contributed by atoms with E-state index in [1.54, 1.807) is 26.0 Å². The highest BCUT2D eigenvalue weighted by atomic mass is 16.4. The lowest BCUT2D eigenvalue weighted by atomic mass is 10.0. The first kappa shape index (κ1) is 59.5. The molecule has 1 aromatic carbocycles. The molecule has 14 N–H and O–H groups in total. The minimum atomic E-state index is -1.47. The number of amides is 11. The van der Waals surface area contributed by atoms with Gasteiger partial charge in [-0.3, -0.25) is 52.7 Å². The zero-order valence-electron chi connectivity index (χ0n) is 43.1. The molecule has 11 amide bonds. The number of nitrogens with one attached hydrogen (secondary N) is 6. The van der Waals surface area contributed by atoms with Crippen LogP contribution in [-0.2, 0) is 64.0 Å². The number of likely N-dealkylation sites (tertiary alicyclic amines) is 3. The second-order valence-corrected chi connectivity index (χ2v) is 20.4. The highest BCUT2D eigenvalue weighted by molar-refractivity contribution is 5.99. The molecule has 0 unspecified atom stereocenters. The van der Waals surface area contributed by atoms with Crippen molar-refractivity contribution in [2.45, 2.75) is 171 Å². The molecule has 4 heterocycles. The third-order valence-corrected chi connectivity index (χ3v) is 14.1. The lowest BCUT2D eigenvalue weighted by Gasteiger charge is -2.33. The molecule has 76 heavy (non-hydrogen) atoms. The molecule has 0 saturated carbocycles. The number of hydrogen-bond acceptors (Lipinski definition) is 14. The van der Waals surface area contributed by atoms with Crippen LogP contribution in [0.25, 0.3) is 0 Å². The Morgan fingerprint density at radius 2 is 0.974 bits per heavy atom.